The van der Waals surface area contributed by atoms with Crippen molar-refractivity contribution in [1.29, 1.82) is 0 Å². The van der Waals surface area contributed by atoms with Crippen LogP contribution in [0.3, 0.4) is 0 Å². The summed E-state index contributed by atoms with van der Waals surface area (Å²) in [5.41, 5.74) is 0.922. The van der Waals surface area contributed by atoms with Gasteiger partial charge in [0.1, 0.15) is 5.82 Å². The van der Waals surface area contributed by atoms with Gasteiger partial charge in [0, 0.05) is 23.5 Å². The zero-order chi connectivity index (χ0) is 17.1. The van der Waals surface area contributed by atoms with Crippen molar-refractivity contribution < 1.29 is 14.0 Å². The van der Waals surface area contributed by atoms with Crippen LogP contribution in [-0.4, -0.2) is 24.6 Å². The molecule has 2 aromatic carbocycles. The quantitative estimate of drug-likeness (QED) is 0.863. The van der Waals surface area contributed by atoms with Crippen LogP contribution in [0.1, 0.15) is 6.42 Å². The summed E-state index contributed by atoms with van der Waals surface area (Å²) in [6, 6.07) is 13.6. The van der Waals surface area contributed by atoms with Crippen molar-refractivity contribution in [2.24, 2.45) is 5.92 Å². The van der Waals surface area contributed by atoms with E-state index in [0.29, 0.717) is 5.69 Å². The third-order valence-corrected chi connectivity index (χ3v) is 4.70. The van der Waals surface area contributed by atoms with Crippen LogP contribution in [0.25, 0.3) is 0 Å². The summed E-state index contributed by atoms with van der Waals surface area (Å²) in [5.74, 6) is -1.41. The van der Waals surface area contributed by atoms with Crippen LogP contribution in [0.5, 0.6) is 0 Å². The standard InChI is InChI=1S/C18H17FN2O2S/c1-24-14-6-4-5-13(10-14)20-18(23)12-9-17(22)21(11-12)16-8-3-2-7-15(16)19/h2-8,10,12H,9,11H2,1H3,(H,20,23). The van der Waals surface area contributed by atoms with Gasteiger partial charge >= 0.3 is 0 Å². The average molecular weight is 344 g/mol. The molecule has 124 valence electrons. The van der Waals surface area contributed by atoms with E-state index in [0.717, 1.165) is 4.90 Å². The average Bonchev–Trinajstić information content (AvgIpc) is 2.97. The first kappa shape index (κ1) is 16.5. The third kappa shape index (κ3) is 3.43. The molecule has 0 saturated carbocycles. The van der Waals surface area contributed by atoms with E-state index in [1.165, 1.54) is 11.0 Å². The smallest absolute Gasteiger partial charge is 0.229 e. The summed E-state index contributed by atoms with van der Waals surface area (Å²) < 4.78 is 13.9. The van der Waals surface area contributed by atoms with E-state index in [-0.39, 0.29) is 30.5 Å². The molecule has 1 unspecified atom stereocenters. The maximum atomic E-state index is 13.9. The van der Waals surface area contributed by atoms with Crippen LogP contribution in [0, 0.1) is 11.7 Å². The lowest BCUT2D eigenvalue weighted by molar-refractivity contribution is -0.122. The number of anilines is 2. The lowest BCUT2D eigenvalue weighted by Crippen LogP contribution is -2.28. The number of rotatable bonds is 4. The fraction of sp³-hybridized carbons (Fsp3) is 0.222. The highest BCUT2D eigenvalue weighted by Gasteiger charge is 2.36. The second-order valence-electron chi connectivity index (χ2n) is 5.58. The number of amides is 2. The highest BCUT2D eigenvalue weighted by atomic mass is 32.2. The molecule has 2 aromatic rings. The number of halogens is 1. The molecule has 1 N–H and O–H groups in total. The molecular formula is C18H17FN2O2S. The van der Waals surface area contributed by atoms with Crippen molar-refractivity contribution in [3.8, 4) is 0 Å². The Labute approximate surface area is 144 Å². The van der Waals surface area contributed by atoms with Gasteiger partial charge in [-0.3, -0.25) is 9.59 Å². The predicted molar refractivity (Wildman–Crippen MR) is 93.7 cm³/mol. The predicted octanol–water partition coefficient (Wildman–Crippen LogP) is 3.54. The summed E-state index contributed by atoms with van der Waals surface area (Å²) in [5, 5.41) is 2.84. The van der Waals surface area contributed by atoms with Crippen LogP contribution in [0.15, 0.2) is 53.4 Å². The Kier molecular flexibility index (Phi) is 4.85. The molecule has 0 radical (unpaired) electrons. The molecule has 2 amide bonds. The van der Waals surface area contributed by atoms with Gasteiger partial charge in [0.2, 0.25) is 11.8 Å². The maximum Gasteiger partial charge on any atom is 0.229 e. The molecule has 1 aliphatic rings. The fourth-order valence-electron chi connectivity index (χ4n) is 2.73. The lowest BCUT2D eigenvalue weighted by Gasteiger charge is -2.17. The second-order valence-corrected chi connectivity index (χ2v) is 6.46. The second kappa shape index (κ2) is 7.05. The number of carbonyl (C=O) groups is 2. The van der Waals surface area contributed by atoms with E-state index in [1.54, 1.807) is 30.0 Å². The molecule has 24 heavy (non-hydrogen) atoms. The molecule has 1 atom stereocenters. The van der Waals surface area contributed by atoms with Gasteiger partial charge in [-0.2, -0.15) is 0 Å². The first-order valence-electron chi connectivity index (χ1n) is 7.58. The van der Waals surface area contributed by atoms with E-state index in [2.05, 4.69) is 5.32 Å². The van der Waals surface area contributed by atoms with Gasteiger partial charge in [0.05, 0.1) is 11.6 Å². The molecule has 1 heterocycles. The van der Waals surface area contributed by atoms with Gasteiger partial charge in [-0.1, -0.05) is 18.2 Å². The maximum absolute atomic E-state index is 13.9. The monoisotopic (exact) mass is 344 g/mol. The summed E-state index contributed by atoms with van der Waals surface area (Å²) in [7, 11) is 0. The van der Waals surface area contributed by atoms with Crippen molar-refractivity contribution in [2.45, 2.75) is 11.3 Å². The summed E-state index contributed by atoms with van der Waals surface area (Å²) in [6.45, 7) is 0.188. The minimum Gasteiger partial charge on any atom is -0.326 e. The van der Waals surface area contributed by atoms with Gasteiger partial charge in [0.25, 0.3) is 0 Å². The Hall–Kier alpha value is -2.34. The Balaban J connectivity index is 1.71. The molecule has 3 rings (SSSR count). The first-order chi connectivity index (χ1) is 11.6. The Morgan fingerprint density at radius 2 is 2.04 bits per heavy atom. The number of carbonyl (C=O) groups excluding carboxylic acids is 2. The van der Waals surface area contributed by atoms with Crippen molar-refractivity contribution >= 4 is 35.0 Å². The Bertz CT molecular complexity index is 781. The SMILES string of the molecule is CSc1cccc(NC(=O)C2CC(=O)N(c3ccccc3F)C2)c1. The van der Waals surface area contributed by atoms with Crippen molar-refractivity contribution in [2.75, 3.05) is 23.0 Å². The summed E-state index contributed by atoms with van der Waals surface area (Å²) in [6.07, 6.45) is 2.05. The highest BCUT2D eigenvalue weighted by Crippen LogP contribution is 2.28. The third-order valence-electron chi connectivity index (χ3n) is 3.98. The number of nitrogens with one attached hydrogen (secondary N) is 1. The van der Waals surface area contributed by atoms with Crippen LogP contribution in [0.2, 0.25) is 0 Å². The molecule has 1 fully saturated rings. The minimum atomic E-state index is -0.491. The van der Waals surface area contributed by atoms with Crippen molar-refractivity contribution in [3.05, 3.63) is 54.3 Å². The lowest BCUT2D eigenvalue weighted by atomic mass is 10.1. The Morgan fingerprint density at radius 1 is 1.25 bits per heavy atom. The molecule has 1 aliphatic heterocycles. The number of para-hydroxylation sites is 1. The van der Waals surface area contributed by atoms with Crippen LogP contribution < -0.4 is 10.2 Å². The molecule has 0 aliphatic carbocycles. The van der Waals surface area contributed by atoms with Gasteiger partial charge < -0.3 is 10.2 Å². The number of benzene rings is 2. The molecule has 0 aromatic heterocycles. The zero-order valence-corrected chi connectivity index (χ0v) is 14.0. The largest absolute Gasteiger partial charge is 0.326 e. The number of hydrogen-bond donors (Lipinski definition) is 1. The molecular weight excluding hydrogens is 327 g/mol. The topological polar surface area (TPSA) is 49.4 Å². The van der Waals surface area contributed by atoms with Crippen LogP contribution in [-0.2, 0) is 9.59 Å². The van der Waals surface area contributed by atoms with E-state index in [1.807, 2.05) is 30.5 Å². The van der Waals surface area contributed by atoms with E-state index < -0.39 is 11.7 Å². The van der Waals surface area contributed by atoms with Crippen molar-refractivity contribution in [1.82, 2.24) is 0 Å². The van der Waals surface area contributed by atoms with Gasteiger partial charge in [-0.25, -0.2) is 4.39 Å². The fourth-order valence-corrected chi connectivity index (χ4v) is 3.19. The number of thioether (sulfide) groups is 1. The Morgan fingerprint density at radius 3 is 2.79 bits per heavy atom. The van der Waals surface area contributed by atoms with Crippen LogP contribution in [0.4, 0.5) is 15.8 Å². The normalized spacial score (nSPS) is 17.2. The summed E-state index contributed by atoms with van der Waals surface area (Å²) >= 11 is 1.59. The number of hydrogen-bond acceptors (Lipinski definition) is 3. The van der Waals surface area contributed by atoms with E-state index >= 15 is 0 Å². The zero-order valence-electron chi connectivity index (χ0n) is 13.2. The van der Waals surface area contributed by atoms with Crippen LogP contribution >= 0.6 is 11.8 Å². The molecule has 0 spiro atoms. The molecule has 4 nitrogen and oxygen atoms in total. The first-order valence-corrected chi connectivity index (χ1v) is 8.81. The number of nitrogens with zero attached hydrogens (tertiary/aromatic N) is 1. The highest BCUT2D eigenvalue weighted by molar-refractivity contribution is 7.98. The van der Waals surface area contributed by atoms with Crippen molar-refractivity contribution in [3.63, 3.8) is 0 Å². The molecule has 1 saturated heterocycles. The van der Waals surface area contributed by atoms with Gasteiger partial charge in [-0.15, -0.1) is 11.8 Å². The van der Waals surface area contributed by atoms with Gasteiger partial charge in [0.15, 0.2) is 0 Å². The molecule has 0 bridgehead atoms. The van der Waals surface area contributed by atoms with E-state index in [4.69, 9.17) is 0 Å². The summed E-state index contributed by atoms with van der Waals surface area (Å²) in [4.78, 5) is 27.0. The minimum absolute atomic E-state index is 0.0857. The van der Waals surface area contributed by atoms with E-state index in [9.17, 15) is 14.0 Å². The molecule has 6 heteroatoms. The van der Waals surface area contributed by atoms with Gasteiger partial charge in [-0.05, 0) is 36.6 Å².